The molecule has 0 amide bonds. The molecule has 0 atom stereocenters. The average Bonchev–Trinajstić information content (AvgIpc) is 3.27. The molecule has 1 fully saturated rings. The molecule has 0 unspecified atom stereocenters. The summed E-state index contributed by atoms with van der Waals surface area (Å²) in [6.45, 7) is 3.92. The highest BCUT2D eigenvalue weighted by molar-refractivity contribution is 6.32. The van der Waals surface area contributed by atoms with Crippen molar-refractivity contribution in [1.29, 1.82) is 0 Å². The molecule has 2 heterocycles. The van der Waals surface area contributed by atoms with Crippen LogP contribution < -0.4 is 4.74 Å². The number of hydrogen-bond donors (Lipinski definition) is 0. The lowest BCUT2D eigenvalue weighted by molar-refractivity contribution is 0.0974. The van der Waals surface area contributed by atoms with Crippen molar-refractivity contribution < 1.29 is 4.74 Å². The van der Waals surface area contributed by atoms with E-state index in [9.17, 15) is 0 Å². The molecule has 5 nitrogen and oxygen atoms in total. The van der Waals surface area contributed by atoms with Gasteiger partial charge in [-0.25, -0.2) is 0 Å². The summed E-state index contributed by atoms with van der Waals surface area (Å²) in [5, 5.41) is 9.29. The zero-order valence-corrected chi connectivity index (χ0v) is 13.8. The van der Waals surface area contributed by atoms with E-state index < -0.39 is 5.60 Å². The second-order valence-corrected chi connectivity index (χ2v) is 6.75. The number of halogens is 1. The molecule has 23 heavy (non-hydrogen) atoms. The highest BCUT2D eigenvalue weighted by atomic mass is 35.5. The molecule has 0 bridgehead atoms. The van der Waals surface area contributed by atoms with Crippen molar-refractivity contribution in [3.05, 3.63) is 53.2 Å². The first kappa shape index (κ1) is 14.5. The van der Waals surface area contributed by atoms with Crippen molar-refractivity contribution in [3.63, 3.8) is 0 Å². The van der Waals surface area contributed by atoms with Crippen LogP contribution in [0.5, 0.6) is 5.75 Å². The Hall–Kier alpha value is -2.14. The lowest BCUT2D eigenvalue weighted by atomic mass is 10.1. The zero-order valence-electron chi connectivity index (χ0n) is 13.0. The van der Waals surface area contributed by atoms with Gasteiger partial charge in [-0.15, -0.1) is 10.2 Å². The fourth-order valence-corrected chi connectivity index (χ4v) is 2.92. The van der Waals surface area contributed by atoms with Crippen LogP contribution in [0.4, 0.5) is 0 Å². The van der Waals surface area contributed by atoms with Crippen molar-refractivity contribution in [3.8, 4) is 5.75 Å². The van der Waals surface area contributed by atoms with Crippen molar-refractivity contribution in [2.75, 3.05) is 0 Å². The minimum Gasteiger partial charge on any atom is -0.478 e. The monoisotopic (exact) mass is 328 g/mol. The lowest BCUT2D eigenvalue weighted by Gasteiger charge is -2.25. The normalized spacial score (nSPS) is 15.1. The van der Waals surface area contributed by atoms with E-state index in [-0.39, 0.29) is 0 Å². The number of hydrogen-bond acceptors (Lipinski definition) is 4. The number of para-hydroxylation sites is 1. The maximum Gasteiger partial charge on any atom is 0.182 e. The number of nitrogens with zero attached hydrogens (tertiary/aromatic N) is 4. The Morgan fingerprint density at radius 1 is 1.22 bits per heavy atom. The van der Waals surface area contributed by atoms with Gasteiger partial charge in [0.1, 0.15) is 5.75 Å². The van der Waals surface area contributed by atoms with Gasteiger partial charge in [-0.05, 0) is 38.8 Å². The first-order chi connectivity index (χ1) is 11.1. The molecule has 0 N–H and O–H groups in total. The van der Waals surface area contributed by atoms with Gasteiger partial charge >= 0.3 is 0 Å². The summed E-state index contributed by atoms with van der Waals surface area (Å²) in [5.41, 5.74) is 1.17. The van der Waals surface area contributed by atoms with Gasteiger partial charge in [-0.3, -0.25) is 9.38 Å². The SMILES string of the molecule is CC(C)(Oc1ccccc1Cl)c1nnc2c(C3CC3)nccn12. The van der Waals surface area contributed by atoms with Crippen molar-refractivity contribution in [2.24, 2.45) is 0 Å². The van der Waals surface area contributed by atoms with Crippen molar-refractivity contribution in [2.45, 2.75) is 38.2 Å². The van der Waals surface area contributed by atoms with Gasteiger partial charge in [0.25, 0.3) is 0 Å². The van der Waals surface area contributed by atoms with E-state index in [0.29, 0.717) is 16.7 Å². The molecule has 0 aliphatic heterocycles. The van der Waals surface area contributed by atoms with Crippen molar-refractivity contribution >= 4 is 17.2 Å². The van der Waals surface area contributed by atoms with E-state index in [2.05, 4.69) is 15.2 Å². The molecule has 1 aliphatic rings. The first-order valence-corrected chi connectivity index (χ1v) is 8.08. The Kier molecular flexibility index (Phi) is 3.27. The van der Waals surface area contributed by atoms with Gasteiger partial charge in [0.05, 0.1) is 10.7 Å². The molecule has 1 saturated carbocycles. The quantitative estimate of drug-likeness (QED) is 0.727. The van der Waals surface area contributed by atoms with E-state index >= 15 is 0 Å². The van der Waals surface area contributed by atoms with E-state index in [1.807, 2.05) is 48.7 Å². The fourth-order valence-electron chi connectivity index (χ4n) is 2.75. The van der Waals surface area contributed by atoms with Crippen LogP contribution in [0.1, 0.15) is 44.1 Å². The number of ether oxygens (including phenoxy) is 1. The molecular formula is C17H17ClN4O. The molecule has 0 spiro atoms. The summed E-state index contributed by atoms with van der Waals surface area (Å²) < 4.78 is 8.10. The van der Waals surface area contributed by atoms with Gasteiger partial charge < -0.3 is 4.74 Å². The van der Waals surface area contributed by atoms with Gasteiger partial charge in [0.2, 0.25) is 0 Å². The molecular weight excluding hydrogens is 312 g/mol. The molecule has 6 heteroatoms. The molecule has 4 rings (SSSR count). The summed E-state index contributed by atoms with van der Waals surface area (Å²) >= 11 is 6.21. The third kappa shape index (κ3) is 2.55. The zero-order chi connectivity index (χ0) is 16.0. The predicted octanol–water partition coefficient (Wildman–Crippen LogP) is 3.97. The minimum absolute atomic E-state index is 0.517. The maximum atomic E-state index is 6.21. The second-order valence-electron chi connectivity index (χ2n) is 6.35. The third-order valence-corrected chi connectivity index (χ3v) is 4.37. The summed E-state index contributed by atoms with van der Waals surface area (Å²) in [5.74, 6) is 1.88. The second kappa shape index (κ2) is 5.20. The Morgan fingerprint density at radius 2 is 2.00 bits per heavy atom. The highest BCUT2D eigenvalue weighted by Gasteiger charge is 2.33. The van der Waals surface area contributed by atoms with E-state index in [1.165, 1.54) is 12.8 Å². The van der Waals surface area contributed by atoms with Crippen LogP contribution in [0.2, 0.25) is 5.02 Å². The Labute approximate surface area is 139 Å². The summed E-state index contributed by atoms with van der Waals surface area (Å²) in [4.78, 5) is 4.48. The number of benzene rings is 1. The van der Waals surface area contributed by atoms with Gasteiger partial charge in [0, 0.05) is 18.3 Å². The van der Waals surface area contributed by atoms with Crippen LogP contribution in [0, 0.1) is 0 Å². The predicted molar refractivity (Wildman–Crippen MR) is 87.9 cm³/mol. The smallest absolute Gasteiger partial charge is 0.182 e. The molecule has 0 saturated heterocycles. The Balaban J connectivity index is 1.75. The van der Waals surface area contributed by atoms with E-state index in [0.717, 1.165) is 17.2 Å². The topological polar surface area (TPSA) is 52.3 Å². The fraction of sp³-hybridized carbons (Fsp3) is 0.353. The molecule has 3 aromatic rings. The van der Waals surface area contributed by atoms with Crippen molar-refractivity contribution in [1.82, 2.24) is 19.6 Å². The third-order valence-electron chi connectivity index (χ3n) is 4.06. The molecule has 0 radical (unpaired) electrons. The molecule has 118 valence electrons. The minimum atomic E-state index is -0.674. The standard InChI is InChI=1S/C17H17ClN4O/c1-17(2,23-13-6-4-3-5-12(13)18)16-21-20-15-14(11-7-8-11)19-9-10-22(15)16/h3-6,9-11H,7-8H2,1-2H3. The summed E-state index contributed by atoms with van der Waals surface area (Å²) in [6, 6.07) is 7.44. The van der Waals surface area contributed by atoms with Crippen LogP contribution in [-0.2, 0) is 5.60 Å². The highest BCUT2D eigenvalue weighted by Crippen LogP contribution is 2.41. The van der Waals surface area contributed by atoms with Gasteiger partial charge in [0.15, 0.2) is 17.1 Å². The lowest BCUT2D eigenvalue weighted by Crippen LogP contribution is -2.28. The average molecular weight is 329 g/mol. The molecule has 2 aromatic heterocycles. The molecule has 1 aliphatic carbocycles. The van der Waals surface area contributed by atoms with Crippen LogP contribution in [-0.4, -0.2) is 19.6 Å². The van der Waals surface area contributed by atoms with Crippen LogP contribution in [0.25, 0.3) is 5.65 Å². The van der Waals surface area contributed by atoms with E-state index in [4.69, 9.17) is 16.3 Å². The Morgan fingerprint density at radius 3 is 2.74 bits per heavy atom. The number of aromatic nitrogens is 4. The van der Waals surface area contributed by atoms with E-state index in [1.54, 1.807) is 6.20 Å². The first-order valence-electron chi connectivity index (χ1n) is 7.70. The van der Waals surface area contributed by atoms with Gasteiger partial charge in [-0.2, -0.15) is 0 Å². The van der Waals surface area contributed by atoms with Crippen LogP contribution in [0.15, 0.2) is 36.7 Å². The number of rotatable bonds is 4. The van der Waals surface area contributed by atoms with Gasteiger partial charge in [-0.1, -0.05) is 23.7 Å². The van der Waals surface area contributed by atoms with Crippen LogP contribution >= 0.6 is 11.6 Å². The number of fused-ring (bicyclic) bond motifs is 1. The maximum absolute atomic E-state index is 6.21. The summed E-state index contributed by atoms with van der Waals surface area (Å²) in [6.07, 6.45) is 6.04. The largest absolute Gasteiger partial charge is 0.478 e. The summed E-state index contributed by atoms with van der Waals surface area (Å²) in [7, 11) is 0. The Bertz CT molecular complexity index is 870. The van der Waals surface area contributed by atoms with Crippen LogP contribution in [0.3, 0.4) is 0 Å². The molecule has 1 aromatic carbocycles.